The maximum Gasteiger partial charge on any atom is 0.138 e. The van der Waals surface area contributed by atoms with E-state index in [1.54, 1.807) is 0 Å². The van der Waals surface area contributed by atoms with Crippen molar-refractivity contribution in [2.75, 3.05) is 0 Å². The molecule has 0 amide bonds. The minimum atomic E-state index is 0.944. The smallest absolute Gasteiger partial charge is 0.138 e. The van der Waals surface area contributed by atoms with Crippen molar-refractivity contribution in [1.82, 2.24) is 9.55 Å². The zero-order chi connectivity index (χ0) is 23.6. The van der Waals surface area contributed by atoms with Gasteiger partial charge in [0.15, 0.2) is 0 Å². The molecule has 0 bridgehead atoms. The topological polar surface area (TPSA) is 17.8 Å². The van der Waals surface area contributed by atoms with E-state index in [0.717, 1.165) is 11.3 Å². The Morgan fingerprint density at radius 1 is 0.556 bits per heavy atom. The lowest BCUT2D eigenvalue weighted by atomic mass is 10.0. The molecule has 2 nitrogen and oxygen atoms in total. The van der Waals surface area contributed by atoms with Gasteiger partial charge in [-0.3, -0.25) is 4.57 Å². The number of hydrogen-bond acceptors (Lipinski definition) is 2. The molecule has 0 spiro atoms. The van der Waals surface area contributed by atoms with E-state index in [2.05, 4.69) is 126 Å². The number of pyridine rings is 1. The first-order valence-electron chi connectivity index (χ1n) is 12.2. The normalized spacial score (nSPS) is 11.9. The van der Waals surface area contributed by atoms with E-state index >= 15 is 0 Å². The molecule has 0 saturated heterocycles. The fourth-order valence-corrected chi connectivity index (χ4v) is 6.87. The van der Waals surface area contributed by atoms with Gasteiger partial charge in [0, 0.05) is 36.3 Å². The van der Waals surface area contributed by atoms with E-state index in [1.165, 1.54) is 58.5 Å². The lowest BCUT2D eigenvalue weighted by Crippen LogP contribution is -1.99. The number of para-hydroxylation sites is 2. The van der Waals surface area contributed by atoms with Crippen LogP contribution in [0.25, 0.3) is 69.8 Å². The van der Waals surface area contributed by atoms with Crippen LogP contribution in [0.3, 0.4) is 0 Å². The monoisotopic (exact) mass is 476 g/mol. The van der Waals surface area contributed by atoms with Crippen LogP contribution >= 0.6 is 11.3 Å². The third kappa shape index (κ3) is 2.75. The third-order valence-corrected chi connectivity index (χ3v) is 8.40. The van der Waals surface area contributed by atoms with Crippen LogP contribution in [0.2, 0.25) is 0 Å². The summed E-state index contributed by atoms with van der Waals surface area (Å²) in [6.45, 7) is 0. The van der Waals surface area contributed by atoms with Crippen molar-refractivity contribution < 1.29 is 0 Å². The molecule has 0 radical (unpaired) electrons. The lowest BCUT2D eigenvalue weighted by Gasteiger charge is -2.13. The maximum absolute atomic E-state index is 5.19. The zero-order valence-corrected chi connectivity index (χ0v) is 20.2. The summed E-state index contributed by atoms with van der Waals surface area (Å²) in [5.74, 6) is 0.944. The maximum atomic E-state index is 5.19. The SMILES string of the molecule is c1ccc(-c2cc(-n3c4ccccc4c4c5sc6ccccc6c5ccc43)nc3ccccc23)cc1. The highest BCUT2D eigenvalue weighted by Crippen LogP contribution is 2.43. The highest BCUT2D eigenvalue weighted by molar-refractivity contribution is 7.26. The molecule has 3 aromatic heterocycles. The third-order valence-electron chi connectivity index (χ3n) is 7.20. The van der Waals surface area contributed by atoms with E-state index in [1.807, 2.05) is 11.3 Å². The number of rotatable bonds is 2. The first-order chi connectivity index (χ1) is 17.9. The van der Waals surface area contributed by atoms with Crippen molar-refractivity contribution in [2.24, 2.45) is 0 Å². The first kappa shape index (κ1) is 19.8. The molecule has 0 aliphatic rings. The van der Waals surface area contributed by atoms with Gasteiger partial charge in [0.2, 0.25) is 0 Å². The van der Waals surface area contributed by atoms with E-state index in [0.29, 0.717) is 0 Å². The van der Waals surface area contributed by atoms with Crippen molar-refractivity contribution in [1.29, 1.82) is 0 Å². The molecule has 0 saturated carbocycles. The predicted molar refractivity (Wildman–Crippen MR) is 154 cm³/mol. The number of thiophene rings is 1. The molecule has 36 heavy (non-hydrogen) atoms. The summed E-state index contributed by atoms with van der Waals surface area (Å²) in [6, 6.07) is 43.3. The molecule has 0 aliphatic heterocycles. The first-order valence-corrected chi connectivity index (χ1v) is 13.0. The molecule has 0 unspecified atom stereocenters. The quantitative estimate of drug-likeness (QED) is 0.243. The van der Waals surface area contributed by atoms with Crippen LogP contribution in [0.15, 0.2) is 121 Å². The van der Waals surface area contributed by atoms with Gasteiger partial charge >= 0.3 is 0 Å². The minimum absolute atomic E-state index is 0.944. The second-order valence-electron chi connectivity index (χ2n) is 9.20. The molecule has 8 aromatic rings. The summed E-state index contributed by atoms with van der Waals surface area (Å²) in [6.07, 6.45) is 0. The Morgan fingerprint density at radius 2 is 1.28 bits per heavy atom. The molecule has 0 atom stereocenters. The van der Waals surface area contributed by atoms with E-state index in [4.69, 9.17) is 4.98 Å². The Balaban J connectivity index is 1.53. The molecule has 8 rings (SSSR count). The van der Waals surface area contributed by atoms with Crippen molar-refractivity contribution in [3.63, 3.8) is 0 Å². The van der Waals surface area contributed by atoms with Gasteiger partial charge in [-0.15, -0.1) is 11.3 Å². The van der Waals surface area contributed by atoms with Crippen LogP contribution in [0.5, 0.6) is 0 Å². The fourth-order valence-electron chi connectivity index (χ4n) is 5.61. The minimum Gasteiger partial charge on any atom is -0.294 e. The summed E-state index contributed by atoms with van der Waals surface area (Å²) in [7, 11) is 0. The highest BCUT2D eigenvalue weighted by Gasteiger charge is 2.19. The number of benzene rings is 5. The van der Waals surface area contributed by atoms with Crippen molar-refractivity contribution >= 4 is 64.2 Å². The van der Waals surface area contributed by atoms with Gasteiger partial charge in [-0.2, -0.15) is 0 Å². The fraction of sp³-hybridized carbons (Fsp3) is 0. The van der Waals surface area contributed by atoms with Gasteiger partial charge in [-0.1, -0.05) is 91.0 Å². The van der Waals surface area contributed by atoms with Gasteiger partial charge < -0.3 is 0 Å². The zero-order valence-electron chi connectivity index (χ0n) is 19.3. The van der Waals surface area contributed by atoms with Crippen molar-refractivity contribution in [2.45, 2.75) is 0 Å². The Hall–Kier alpha value is -4.47. The average Bonchev–Trinajstić information content (AvgIpc) is 3.48. The van der Waals surface area contributed by atoms with Gasteiger partial charge in [0.05, 0.1) is 16.6 Å². The second-order valence-corrected chi connectivity index (χ2v) is 10.3. The summed E-state index contributed by atoms with van der Waals surface area (Å²) in [5, 5.41) is 6.38. The number of aromatic nitrogens is 2. The molecule has 0 fully saturated rings. The van der Waals surface area contributed by atoms with E-state index in [9.17, 15) is 0 Å². The van der Waals surface area contributed by atoms with Crippen LogP contribution in [-0.4, -0.2) is 9.55 Å². The molecule has 5 aromatic carbocycles. The van der Waals surface area contributed by atoms with Crippen LogP contribution in [0.1, 0.15) is 0 Å². The Bertz CT molecular complexity index is 2100. The summed E-state index contributed by atoms with van der Waals surface area (Å²) >= 11 is 1.88. The molecular weight excluding hydrogens is 456 g/mol. The molecule has 3 heteroatoms. The van der Waals surface area contributed by atoms with Crippen molar-refractivity contribution in [3.8, 4) is 16.9 Å². The number of fused-ring (bicyclic) bond motifs is 8. The van der Waals surface area contributed by atoms with Crippen LogP contribution < -0.4 is 0 Å². The summed E-state index contributed by atoms with van der Waals surface area (Å²) < 4.78 is 5.01. The highest BCUT2D eigenvalue weighted by atomic mass is 32.1. The molecule has 168 valence electrons. The molecule has 0 N–H and O–H groups in total. The Labute approximate surface area is 211 Å². The Morgan fingerprint density at radius 3 is 2.17 bits per heavy atom. The van der Waals surface area contributed by atoms with Gasteiger partial charge in [0.25, 0.3) is 0 Å². The van der Waals surface area contributed by atoms with Gasteiger partial charge in [0.1, 0.15) is 5.82 Å². The molecular formula is C33H20N2S. The number of nitrogens with zero attached hydrogens (tertiary/aromatic N) is 2. The standard InChI is InChI=1S/C33H20N2S/c1-2-10-21(11-3-1)26-20-31(34-27-15-7-4-12-22(26)27)35-28-16-8-5-14-25(28)32-29(35)19-18-24-23-13-6-9-17-30(23)36-33(24)32/h1-20H. The molecule has 0 aliphatic carbocycles. The second kappa shape index (κ2) is 7.51. The van der Waals surface area contributed by atoms with Crippen LogP contribution in [0.4, 0.5) is 0 Å². The summed E-state index contributed by atoms with van der Waals surface area (Å²) in [4.78, 5) is 5.19. The van der Waals surface area contributed by atoms with Crippen LogP contribution in [0, 0.1) is 0 Å². The van der Waals surface area contributed by atoms with Crippen LogP contribution in [-0.2, 0) is 0 Å². The largest absolute Gasteiger partial charge is 0.294 e. The average molecular weight is 477 g/mol. The van der Waals surface area contributed by atoms with Gasteiger partial charge in [-0.25, -0.2) is 4.98 Å². The predicted octanol–water partition coefficient (Wildman–Crippen LogP) is 9.37. The van der Waals surface area contributed by atoms with E-state index in [-0.39, 0.29) is 0 Å². The molecule has 3 heterocycles. The Kier molecular flexibility index (Phi) is 4.13. The van der Waals surface area contributed by atoms with Crippen molar-refractivity contribution in [3.05, 3.63) is 121 Å². The summed E-state index contributed by atoms with van der Waals surface area (Å²) in [5.41, 5.74) is 5.77. The van der Waals surface area contributed by atoms with E-state index < -0.39 is 0 Å². The number of hydrogen-bond donors (Lipinski definition) is 0. The van der Waals surface area contributed by atoms with Gasteiger partial charge in [-0.05, 0) is 41.5 Å². The lowest BCUT2D eigenvalue weighted by molar-refractivity contribution is 1.10.